The van der Waals surface area contributed by atoms with Gasteiger partial charge in [-0.05, 0) is 48.2 Å². The predicted octanol–water partition coefficient (Wildman–Crippen LogP) is 3.76. The van der Waals surface area contributed by atoms with Crippen LogP contribution in [0.1, 0.15) is 12.5 Å². The molecule has 0 spiro atoms. The number of imide groups is 1. The number of carbonyl (C=O) groups is 3. The van der Waals surface area contributed by atoms with Crippen LogP contribution < -0.4 is 15.4 Å². The van der Waals surface area contributed by atoms with Crippen molar-refractivity contribution >= 4 is 40.6 Å². The van der Waals surface area contributed by atoms with Crippen molar-refractivity contribution in [1.82, 2.24) is 5.32 Å². The third-order valence-corrected chi connectivity index (χ3v) is 4.06. The Hall–Kier alpha value is -3.06. The number of thioether (sulfide) groups is 1. The molecule has 6 nitrogen and oxygen atoms in total. The molecule has 3 rings (SSSR count). The van der Waals surface area contributed by atoms with E-state index in [9.17, 15) is 14.4 Å². The van der Waals surface area contributed by atoms with E-state index < -0.39 is 5.91 Å². The van der Waals surface area contributed by atoms with Crippen LogP contribution in [-0.4, -0.2) is 17.1 Å². The molecule has 0 saturated carbocycles. The summed E-state index contributed by atoms with van der Waals surface area (Å²) in [5, 5.41) is 4.52. The molecule has 1 saturated heterocycles. The molecule has 0 unspecified atom stereocenters. The molecule has 2 N–H and O–H groups in total. The third-order valence-electron chi connectivity index (χ3n) is 3.25. The maximum atomic E-state index is 11.7. The lowest BCUT2D eigenvalue weighted by molar-refractivity contribution is -0.115. The molecule has 1 heterocycles. The van der Waals surface area contributed by atoms with Crippen LogP contribution in [0, 0.1) is 0 Å². The van der Waals surface area contributed by atoms with Crippen LogP contribution in [0.2, 0.25) is 0 Å². The van der Waals surface area contributed by atoms with Gasteiger partial charge in [0.2, 0.25) is 5.91 Å². The number of anilines is 1. The number of amides is 3. The van der Waals surface area contributed by atoms with E-state index in [1.165, 1.54) is 6.92 Å². The highest BCUT2D eigenvalue weighted by Crippen LogP contribution is 2.31. The van der Waals surface area contributed by atoms with Gasteiger partial charge in [0.05, 0.1) is 4.91 Å². The van der Waals surface area contributed by atoms with E-state index in [1.54, 1.807) is 42.5 Å². The molecule has 1 aliphatic heterocycles. The van der Waals surface area contributed by atoms with E-state index in [0.717, 1.165) is 11.8 Å². The van der Waals surface area contributed by atoms with Gasteiger partial charge in [-0.25, -0.2) is 0 Å². The quantitative estimate of drug-likeness (QED) is 0.817. The molecule has 126 valence electrons. The number of carbonyl (C=O) groups excluding carboxylic acids is 3. The van der Waals surface area contributed by atoms with Gasteiger partial charge in [0.15, 0.2) is 0 Å². The Bertz CT molecular complexity index is 875. The summed E-state index contributed by atoms with van der Waals surface area (Å²) >= 11 is 0.857. The minimum absolute atomic E-state index is 0.146. The number of rotatable bonds is 4. The second-order valence-electron chi connectivity index (χ2n) is 5.20. The van der Waals surface area contributed by atoms with Crippen LogP contribution in [-0.2, 0) is 9.59 Å². The Morgan fingerprint density at radius 1 is 1.12 bits per heavy atom. The van der Waals surface area contributed by atoms with E-state index in [0.29, 0.717) is 27.7 Å². The smallest absolute Gasteiger partial charge is 0.290 e. The monoisotopic (exact) mass is 354 g/mol. The third kappa shape index (κ3) is 4.27. The molecular formula is C18H14N2O4S. The molecule has 2 aromatic carbocycles. The second-order valence-corrected chi connectivity index (χ2v) is 6.21. The van der Waals surface area contributed by atoms with Crippen molar-refractivity contribution in [1.29, 1.82) is 0 Å². The minimum atomic E-state index is -0.413. The van der Waals surface area contributed by atoms with Gasteiger partial charge in [-0.3, -0.25) is 19.7 Å². The number of hydrogen-bond acceptors (Lipinski definition) is 5. The first-order valence-electron chi connectivity index (χ1n) is 7.40. The molecule has 1 fully saturated rings. The largest absolute Gasteiger partial charge is 0.457 e. The summed E-state index contributed by atoms with van der Waals surface area (Å²) in [7, 11) is 0. The van der Waals surface area contributed by atoms with Crippen molar-refractivity contribution in [3.05, 3.63) is 59.0 Å². The fourth-order valence-electron chi connectivity index (χ4n) is 2.19. The molecule has 0 aliphatic carbocycles. The van der Waals surface area contributed by atoms with Gasteiger partial charge >= 0.3 is 0 Å². The number of benzene rings is 2. The summed E-state index contributed by atoms with van der Waals surface area (Å²) in [6.07, 6.45) is 1.62. The zero-order valence-corrected chi connectivity index (χ0v) is 14.1. The lowest BCUT2D eigenvalue weighted by atomic mass is 10.2. The van der Waals surface area contributed by atoms with Crippen LogP contribution in [0.3, 0.4) is 0 Å². The Labute approximate surface area is 148 Å². The van der Waals surface area contributed by atoms with Gasteiger partial charge in [-0.15, -0.1) is 0 Å². The lowest BCUT2D eigenvalue weighted by Crippen LogP contribution is -2.17. The van der Waals surface area contributed by atoms with Crippen LogP contribution in [0.15, 0.2) is 53.4 Å². The highest BCUT2D eigenvalue weighted by atomic mass is 32.2. The number of ether oxygens (including phenoxy) is 1. The SMILES string of the molecule is CC(=O)Nc1ccc(Oc2ccccc2/C=C2/SC(=O)NC2=O)cc1. The zero-order valence-electron chi connectivity index (χ0n) is 13.2. The summed E-state index contributed by atoms with van der Waals surface area (Å²) in [5.41, 5.74) is 1.36. The van der Waals surface area contributed by atoms with Gasteiger partial charge < -0.3 is 10.1 Å². The summed E-state index contributed by atoms with van der Waals surface area (Å²) in [6, 6.07) is 14.1. The van der Waals surface area contributed by atoms with E-state index in [2.05, 4.69) is 10.6 Å². The number of hydrogen-bond donors (Lipinski definition) is 2. The molecule has 0 atom stereocenters. The Balaban J connectivity index is 1.82. The van der Waals surface area contributed by atoms with Gasteiger partial charge in [0.25, 0.3) is 11.1 Å². The number of para-hydroxylation sites is 1. The average molecular weight is 354 g/mol. The molecule has 2 aromatic rings. The molecule has 0 bridgehead atoms. The summed E-state index contributed by atoms with van der Waals surface area (Å²) < 4.78 is 5.86. The van der Waals surface area contributed by atoms with Crippen molar-refractivity contribution in [2.75, 3.05) is 5.32 Å². The second kappa shape index (κ2) is 7.23. The fourth-order valence-corrected chi connectivity index (χ4v) is 2.86. The highest BCUT2D eigenvalue weighted by Gasteiger charge is 2.25. The zero-order chi connectivity index (χ0) is 17.8. The van der Waals surface area contributed by atoms with Crippen molar-refractivity contribution in [2.45, 2.75) is 6.92 Å². The first-order valence-corrected chi connectivity index (χ1v) is 8.22. The van der Waals surface area contributed by atoms with Gasteiger partial charge in [0.1, 0.15) is 11.5 Å². The predicted molar refractivity (Wildman–Crippen MR) is 96.4 cm³/mol. The molecule has 3 amide bonds. The highest BCUT2D eigenvalue weighted by molar-refractivity contribution is 8.18. The minimum Gasteiger partial charge on any atom is -0.457 e. The topological polar surface area (TPSA) is 84.5 Å². The van der Waals surface area contributed by atoms with Crippen molar-refractivity contribution in [2.24, 2.45) is 0 Å². The maximum Gasteiger partial charge on any atom is 0.290 e. The van der Waals surface area contributed by atoms with Gasteiger partial charge in [-0.1, -0.05) is 18.2 Å². The first kappa shape index (κ1) is 16.8. The molecular weight excluding hydrogens is 340 g/mol. The van der Waals surface area contributed by atoms with E-state index in [4.69, 9.17) is 4.74 Å². The molecule has 25 heavy (non-hydrogen) atoms. The van der Waals surface area contributed by atoms with Gasteiger partial charge in [0, 0.05) is 18.2 Å². The van der Waals surface area contributed by atoms with Crippen LogP contribution in [0.25, 0.3) is 6.08 Å². The molecule has 0 aromatic heterocycles. The van der Waals surface area contributed by atoms with Crippen LogP contribution in [0.4, 0.5) is 10.5 Å². The fraction of sp³-hybridized carbons (Fsp3) is 0.0556. The maximum absolute atomic E-state index is 11.7. The van der Waals surface area contributed by atoms with E-state index in [-0.39, 0.29) is 11.1 Å². The van der Waals surface area contributed by atoms with E-state index >= 15 is 0 Å². The van der Waals surface area contributed by atoms with Crippen molar-refractivity contribution in [3.63, 3.8) is 0 Å². The summed E-state index contributed by atoms with van der Waals surface area (Å²) in [5.74, 6) is 0.576. The molecule has 7 heteroatoms. The van der Waals surface area contributed by atoms with Crippen molar-refractivity contribution < 1.29 is 19.1 Å². The Morgan fingerprint density at radius 3 is 2.48 bits per heavy atom. The van der Waals surface area contributed by atoms with Crippen LogP contribution >= 0.6 is 11.8 Å². The van der Waals surface area contributed by atoms with E-state index in [1.807, 2.05) is 12.1 Å². The summed E-state index contributed by atoms with van der Waals surface area (Å²) in [4.78, 5) is 34.3. The molecule has 0 radical (unpaired) electrons. The first-order chi connectivity index (χ1) is 12.0. The van der Waals surface area contributed by atoms with Crippen LogP contribution in [0.5, 0.6) is 11.5 Å². The average Bonchev–Trinajstić information content (AvgIpc) is 2.88. The normalized spacial score (nSPS) is 15.2. The summed E-state index contributed by atoms with van der Waals surface area (Å²) in [6.45, 7) is 1.44. The number of nitrogens with one attached hydrogen (secondary N) is 2. The standard InChI is InChI=1S/C18H14N2O4S/c1-11(21)19-13-6-8-14(9-7-13)24-15-5-3-2-4-12(15)10-16-17(22)20-18(23)25-16/h2-10H,1H3,(H,19,21)(H,20,22,23)/b16-10+. The molecule has 1 aliphatic rings. The Kier molecular flexibility index (Phi) is 4.85. The lowest BCUT2D eigenvalue weighted by Gasteiger charge is -2.10. The van der Waals surface area contributed by atoms with Gasteiger partial charge in [-0.2, -0.15) is 0 Å². The van der Waals surface area contributed by atoms with Crippen molar-refractivity contribution in [3.8, 4) is 11.5 Å². The Morgan fingerprint density at radius 2 is 1.84 bits per heavy atom.